The Bertz CT molecular complexity index is 1160. The molecule has 4 N–H and O–H groups in total. The van der Waals surface area contributed by atoms with Gasteiger partial charge in [-0.25, -0.2) is 4.79 Å². The number of aryl methyl sites for hydroxylation is 1. The molecule has 1 aromatic carbocycles. The van der Waals surface area contributed by atoms with Gasteiger partial charge in [0.2, 0.25) is 0 Å². The number of carbonyl (C=O) groups excluding carboxylic acids is 1. The van der Waals surface area contributed by atoms with E-state index in [-0.39, 0.29) is 53.2 Å². The number of aromatic carboxylic acids is 1. The molecule has 0 bridgehead atoms. The Kier molecular flexibility index (Phi) is 11.9. The summed E-state index contributed by atoms with van der Waals surface area (Å²) in [7, 11) is 0. The van der Waals surface area contributed by atoms with Gasteiger partial charge in [0.05, 0.1) is 35.6 Å². The number of aliphatic hydroxyl groups excluding tert-OH is 1. The molecular weight excluding hydrogens is 616 g/mol. The first kappa shape index (κ1) is 36.0. The highest BCUT2D eigenvalue weighted by Gasteiger charge is 2.55. The summed E-state index contributed by atoms with van der Waals surface area (Å²) in [4.78, 5) is 25.8. The minimum absolute atomic E-state index is 0.0238. The molecule has 1 aromatic rings. The van der Waals surface area contributed by atoms with Gasteiger partial charge >= 0.3 is 5.97 Å². The Morgan fingerprint density at radius 3 is 2.35 bits per heavy atom. The molecule has 10 atom stereocenters. The van der Waals surface area contributed by atoms with Gasteiger partial charge in [-0.05, 0) is 94.2 Å². The summed E-state index contributed by atoms with van der Waals surface area (Å²) >= 11 is 3.44. The number of halogens is 1. The number of benzene rings is 1. The van der Waals surface area contributed by atoms with Crippen molar-refractivity contribution in [3.05, 3.63) is 27.2 Å². The van der Waals surface area contributed by atoms with Gasteiger partial charge in [0.15, 0.2) is 0 Å². The van der Waals surface area contributed by atoms with Crippen molar-refractivity contribution in [3.63, 3.8) is 0 Å². The number of aliphatic hydroxyl groups is 2. The summed E-state index contributed by atoms with van der Waals surface area (Å²) in [5.74, 6) is -2.66. The average Bonchev–Trinajstić information content (AvgIpc) is 3.31. The van der Waals surface area contributed by atoms with Crippen LogP contribution in [0.25, 0.3) is 0 Å². The van der Waals surface area contributed by atoms with Gasteiger partial charge < -0.3 is 29.9 Å². The number of phenols is 1. The normalized spacial score (nSPS) is 32.3. The molecule has 244 valence electrons. The fourth-order valence-electron chi connectivity index (χ4n) is 7.53. The summed E-state index contributed by atoms with van der Waals surface area (Å²) in [6.07, 6.45) is 3.20. The summed E-state index contributed by atoms with van der Waals surface area (Å²) in [6.45, 7) is 15.4. The van der Waals surface area contributed by atoms with E-state index >= 15 is 0 Å². The molecular formula is C34H53BrO8. The van der Waals surface area contributed by atoms with Crippen molar-refractivity contribution in [2.45, 2.75) is 142 Å². The standard InChI is InChI=1S/C34H53BrO8/c1-9-23(31-20(6)17-34(11-3,43-31)26-14-15-33(41,10-2)22(8)42-26)30(38)21(7)28(36)18(4)12-13-24-25(35)16-19(5)29(37)27(24)32(39)40/h16,18,20-23,26,28,31,36-37,41H,9-15,17H2,1-8H3,(H,39,40)/t18-,20-,21-,22-,23+,26?,28-,31-,33+,34-/m0/s1. The average molecular weight is 670 g/mol. The van der Waals surface area contributed by atoms with Crippen LogP contribution in [0, 0.1) is 30.6 Å². The lowest BCUT2D eigenvalue weighted by atomic mass is 9.76. The van der Waals surface area contributed by atoms with E-state index in [0.717, 1.165) is 12.8 Å². The van der Waals surface area contributed by atoms with Crippen LogP contribution in [0.5, 0.6) is 5.75 Å². The first-order valence-corrected chi connectivity index (χ1v) is 16.9. The maximum atomic E-state index is 13.9. The number of ether oxygens (including phenoxy) is 2. The molecule has 9 heteroatoms. The maximum absolute atomic E-state index is 13.9. The Balaban J connectivity index is 1.71. The van der Waals surface area contributed by atoms with E-state index < -0.39 is 29.2 Å². The topological polar surface area (TPSA) is 134 Å². The van der Waals surface area contributed by atoms with Crippen LogP contribution in [0.4, 0.5) is 0 Å². The van der Waals surface area contributed by atoms with Crippen LogP contribution in [0.3, 0.4) is 0 Å². The minimum atomic E-state index is -1.21. The van der Waals surface area contributed by atoms with Gasteiger partial charge in [-0.3, -0.25) is 4.79 Å². The van der Waals surface area contributed by atoms with Gasteiger partial charge in [0.1, 0.15) is 17.1 Å². The van der Waals surface area contributed by atoms with Crippen molar-refractivity contribution in [1.29, 1.82) is 0 Å². The number of Topliss-reactive ketones (excluding diaryl/α,β-unsaturated/α-hetero) is 1. The van der Waals surface area contributed by atoms with Crippen molar-refractivity contribution in [1.82, 2.24) is 0 Å². The van der Waals surface area contributed by atoms with Crippen LogP contribution in [-0.2, 0) is 20.7 Å². The van der Waals surface area contributed by atoms with Crippen molar-refractivity contribution in [2.24, 2.45) is 23.7 Å². The largest absolute Gasteiger partial charge is 0.507 e. The number of carboxylic acid groups (broad SMARTS) is 1. The number of aromatic hydroxyl groups is 1. The number of ketones is 1. The molecule has 0 spiro atoms. The zero-order valence-corrected chi connectivity index (χ0v) is 28.7. The second kappa shape index (κ2) is 14.3. The molecule has 0 saturated carbocycles. The van der Waals surface area contributed by atoms with E-state index in [1.165, 1.54) is 0 Å². The molecule has 43 heavy (non-hydrogen) atoms. The first-order valence-electron chi connectivity index (χ1n) is 16.1. The molecule has 2 aliphatic heterocycles. The predicted molar refractivity (Wildman–Crippen MR) is 169 cm³/mol. The monoisotopic (exact) mass is 668 g/mol. The summed E-state index contributed by atoms with van der Waals surface area (Å²) < 4.78 is 13.9. The number of carbonyl (C=O) groups is 2. The van der Waals surface area contributed by atoms with Gasteiger partial charge in [-0.15, -0.1) is 0 Å². The number of rotatable bonds is 13. The molecule has 3 rings (SSSR count). The highest BCUT2D eigenvalue weighted by molar-refractivity contribution is 9.10. The molecule has 2 saturated heterocycles. The second-order valence-corrected chi connectivity index (χ2v) is 14.2. The Morgan fingerprint density at radius 1 is 1.16 bits per heavy atom. The molecule has 2 fully saturated rings. The Labute approximate surface area is 265 Å². The second-order valence-electron chi connectivity index (χ2n) is 13.3. The van der Waals surface area contributed by atoms with Crippen LogP contribution in [0.15, 0.2) is 10.5 Å². The third-order valence-corrected chi connectivity index (χ3v) is 11.4. The smallest absolute Gasteiger partial charge is 0.339 e. The lowest BCUT2D eigenvalue weighted by Crippen LogP contribution is -2.55. The van der Waals surface area contributed by atoms with Crippen molar-refractivity contribution in [3.8, 4) is 5.75 Å². The fraction of sp³-hybridized carbons (Fsp3) is 0.765. The minimum Gasteiger partial charge on any atom is -0.507 e. The third kappa shape index (κ3) is 7.16. The highest BCUT2D eigenvalue weighted by Crippen LogP contribution is 2.48. The van der Waals surface area contributed by atoms with Crippen molar-refractivity contribution < 1.29 is 39.5 Å². The quantitative estimate of drug-likeness (QED) is 0.185. The number of carboxylic acids is 1. The predicted octanol–water partition coefficient (Wildman–Crippen LogP) is 6.60. The first-order chi connectivity index (χ1) is 20.1. The highest BCUT2D eigenvalue weighted by atomic mass is 79.9. The van der Waals surface area contributed by atoms with E-state index in [1.54, 1.807) is 19.9 Å². The molecule has 0 radical (unpaired) electrons. The third-order valence-electron chi connectivity index (χ3n) is 10.7. The Hall–Kier alpha value is -1.52. The molecule has 8 nitrogen and oxygen atoms in total. The molecule has 1 unspecified atom stereocenters. The zero-order valence-electron chi connectivity index (χ0n) is 27.2. The lowest BCUT2D eigenvalue weighted by Gasteiger charge is -2.47. The van der Waals surface area contributed by atoms with E-state index in [4.69, 9.17) is 9.47 Å². The van der Waals surface area contributed by atoms with E-state index in [0.29, 0.717) is 54.1 Å². The number of hydrogen-bond donors (Lipinski definition) is 4. The van der Waals surface area contributed by atoms with E-state index in [2.05, 4.69) is 29.8 Å². The van der Waals surface area contributed by atoms with Crippen LogP contribution in [0.1, 0.15) is 115 Å². The lowest BCUT2D eigenvalue weighted by molar-refractivity contribution is -0.229. The fourth-order valence-corrected chi connectivity index (χ4v) is 8.27. The molecule has 0 aliphatic carbocycles. The molecule has 0 aromatic heterocycles. The van der Waals surface area contributed by atoms with E-state index in [1.807, 2.05) is 27.7 Å². The number of hydrogen-bond acceptors (Lipinski definition) is 7. The molecule has 2 heterocycles. The molecule has 0 amide bonds. The van der Waals surface area contributed by atoms with Gasteiger partial charge in [0, 0.05) is 16.3 Å². The zero-order chi connectivity index (χ0) is 32.4. The van der Waals surface area contributed by atoms with Gasteiger partial charge in [0.25, 0.3) is 0 Å². The molecule has 2 aliphatic rings. The SMILES string of the molecule is CC[C@H](C(=O)[C@@H](C)[C@@H](O)[C@@H](C)CCc1c(Br)cc(C)c(O)c1C(=O)O)[C@H]1O[C@](CC)(C2CC[C@](O)(CC)[C@H](C)O2)C[C@@H]1C. The van der Waals surface area contributed by atoms with Crippen LogP contribution >= 0.6 is 15.9 Å². The van der Waals surface area contributed by atoms with Crippen LogP contribution in [-0.4, -0.2) is 67.8 Å². The van der Waals surface area contributed by atoms with Gasteiger partial charge in [-0.2, -0.15) is 0 Å². The van der Waals surface area contributed by atoms with Gasteiger partial charge in [-0.1, -0.05) is 57.5 Å². The maximum Gasteiger partial charge on any atom is 0.339 e. The summed E-state index contributed by atoms with van der Waals surface area (Å²) in [6, 6.07) is 1.69. The Morgan fingerprint density at radius 2 is 1.81 bits per heavy atom. The summed E-state index contributed by atoms with van der Waals surface area (Å²) in [5, 5.41) is 42.3. The van der Waals surface area contributed by atoms with Crippen molar-refractivity contribution in [2.75, 3.05) is 0 Å². The van der Waals surface area contributed by atoms with Crippen molar-refractivity contribution >= 4 is 27.7 Å². The van der Waals surface area contributed by atoms with Crippen LogP contribution < -0.4 is 0 Å². The van der Waals surface area contributed by atoms with E-state index in [9.17, 15) is 30.0 Å². The summed E-state index contributed by atoms with van der Waals surface area (Å²) in [5.41, 5.74) is -0.546. The van der Waals surface area contributed by atoms with Crippen LogP contribution in [0.2, 0.25) is 0 Å².